The molecule has 0 radical (unpaired) electrons. The zero-order valence-electron chi connectivity index (χ0n) is 15.5. The lowest BCUT2D eigenvalue weighted by Gasteiger charge is -2.09. The van der Waals surface area contributed by atoms with Gasteiger partial charge in [-0.1, -0.05) is 60.7 Å². The molecule has 0 aliphatic heterocycles. The molecule has 0 bridgehead atoms. The van der Waals surface area contributed by atoms with Crippen molar-refractivity contribution in [3.63, 3.8) is 0 Å². The van der Waals surface area contributed by atoms with Crippen LogP contribution in [-0.4, -0.2) is 23.2 Å². The van der Waals surface area contributed by atoms with Crippen LogP contribution in [0.5, 0.6) is 0 Å². The number of amides is 1. The fraction of sp³-hybridized carbons (Fsp3) is 0.0909. The van der Waals surface area contributed by atoms with Gasteiger partial charge < -0.3 is 10.6 Å². The molecule has 1 amide bonds. The minimum atomic E-state index is -0.577. The molecule has 0 aromatic heterocycles. The van der Waals surface area contributed by atoms with E-state index in [2.05, 4.69) is 10.6 Å². The predicted octanol–water partition coefficient (Wildman–Crippen LogP) is 3.55. The molecule has 0 fully saturated rings. The molecule has 2 N–H and O–H groups in total. The first-order chi connectivity index (χ1) is 14.0. The number of hydrogen-bond donors (Lipinski definition) is 2. The zero-order valence-corrected chi connectivity index (χ0v) is 15.5. The van der Waals surface area contributed by atoms with E-state index >= 15 is 0 Å². The highest BCUT2D eigenvalue weighted by Crippen LogP contribution is 2.26. The lowest BCUT2D eigenvalue weighted by atomic mass is 10.0. The minimum absolute atomic E-state index is 0.125. The van der Waals surface area contributed by atoms with Crippen molar-refractivity contribution in [2.75, 3.05) is 11.9 Å². The van der Waals surface area contributed by atoms with Gasteiger partial charge in [0.2, 0.25) is 5.91 Å². The molecule has 3 aromatic carbocycles. The third kappa shape index (κ3) is 5.26. The van der Waals surface area contributed by atoms with E-state index in [1.165, 1.54) is 18.2 Å². The molecule has 7 nitrogen and oxygen atoms in total. The van der Waals surface area contributed by atoms with Gasteiger partial charge in [-0.2, -0.15) is 0 Å². The Morgan fingerprint density at radius 1 is 0.862 bits per heavy atom. The van der Waals surface area contributed by atoms with Crippen LogP contribution in [0.4, 0.5) is 11.4 Å². The van der Waals surface area contributed by atoms with Crippen LogP contribution in [0, 0.1) is 10.1 Å². The first kappa shape index (κ1) is 19.8. The number of ketones is 1. The van der Waals surface area contributed by atoms with Gasteiger partial charge in [-0.3, -0.25) is 19.7 Å². The highest BCUT2D eigenvalue weighted by molar-refractivity contribution is 6.09. The van der Waals surface area contributed by atoms with Gasteiger partial charge in [0, 0.05) is 23.7 Å². The standard InChI is InChI=1S/C22H19N3O4/c26-21(24-14-16-7-3-1-4-8-16)15-23-19-12-11-18(13-20(19)25(28)29)22(27)17-9-5-2-6-10-17/h1-13,23H,14-15H2,(H,24,26). The van der Waals surface area contributed by atoms with E-state index in [0.717, 1.165) is 5.56 Å². The monoisotopic (exact) mass is 389 g/mol. The number of nitrogens with zero attached hydrogens (tertiary/aromatic N) is 1. The maximum atomic E-state index is 12.5. The molecule has 0 saturated heterocycles. The van der Waals surface area contributed by atoms with Gasteiger partial charge in [0.05, 0.1) is 11.5 Å². The lowest BCUT2D eigenvalue weighted by molar-refractivity contribution is -0.384. The summed E-state index contributed by atoms with van der Waals surface area (Å²) in [5.41, 5.74) is 1.53. The van der Waals surface area contributed by atoms with Crippen LogP contribution < -0.4 is 10.6 Å². The number of carbonyl (C=O) groups is 2. The van der Waals surface area contributed by atoms with Crippen molar-refractivity contribution in [3.05, 3.63) is 106 Å². The smallest absolute Gasteiger partial charge is 0.293 e. The second kappa shape index (κ2) is 9.27. The first-order valence-electron chi connectivity index (χ1n) is 8.97. The number of benzene rings is 3. The molecule has 146 valence electrons. The van der Waals surface area contributed by atoms with Gasteiger partial charge in [-0.05, 0) is 17.7 Å². The summed E-state index contributed by atoms with van der Waals surface area (Å²) < 4.78 is 0. The normalized spacial score (nSPS) is 10.2. The highest BCUT2D eigenvalue weighted by atomic mass is 16.6. The predicted molar refractivity (Wildman–Crippen MR) is 110 cm³/mol. The van der Waals surface area contributed by atoms with Crippen molar-refractivity contribution in [1.82, 2.24) is 5.32 Å². The molecule has 3 aromatic rings. The number of rotatable bonds is 8. The topological polar surface area (TPSA) is 101 Å². The van der Waals surface area contributed by atoms with Crippen molar-refractivity contribution in [2.45, 2.75) is 6.54 Å². The van der Waals surface area contributed by atoms with Gasteiger partial charge >= 0.3 is 0 Å². The third-order valence-electron chi connectivity index (χ3n) is 4.26. The summed E-state index contributed by atoms with van der Waals surface area (Å²) in [7, 11) is 0. The summed E-state index contributed by atoms with van der Waals surface area (Å²) in [6, 6.07) is 22.1. The van der Waals surface area contributed by atoms with Crippen LogP contribution in [-0.2, 0) is 11.3 Å². The Morgan fingerprint density at radius 2 is 1.52 bits per heavy atom. The third-order valence-corrected chi connectivity index (χ3v) is 4.26. The average molecular weight is 389 g/mol. The first-order valence-corrected chi connectivity index (χ1v) is 8.97. The van der Waals surface area contributed by atoms with Crippen LogP contribution in [0.15, 0.2) is 78.9 Å². The van der Waals surface area contributed by atoms with Crippen molar-refractivity contribution >= 4 is 23.1 Å². The molecule has 0 atom stereocenters. The molecular weight excluding hydrogens is 370 g/mol. The maximum Gasteiger partial charge on any atom is 0.293 e. The summed E-state index contributed by atoms with van der Waals surface area (Å²) in [6.07, 6.45) is 0. The van der Waals surface area contributed by atoms with Crippen LogP contribution in [0.25, 0.3) is 0 Å². The molecule has 0 unspecified atom stereocenters. The van der Waals surface area contributed by atoms with Crippen molar-refractivity contribution in [3.8, 4) is 0 Å². The van der Waals surface area contributed by atoms with Crippen molar-refractivity contribution in [1.29, 1.82) is 0 Å². The summed E-state index contributed by atoms with van der Waals surface area (Å²) in [5, 5.41) is 17.0. The molecule has 0 aliphatic rings. The van der Waals surface area contributed by atoms with Gasteiger partial charge in [0.15, 0.2) is 5.78 Å². The molecule has 0 saturated carbocycles. The van der Waals surface area contributed by atoms with E-state index in [1.807, 2.05) is 30.3 Å². The van der Waals surface area contributed by atoms with E-state index in [4.69, 9.17) is 0 Å². The summed E-state index contributed by atoms with van der Waals surface area (Å²) in [6.45, 7) is 0.244. The fourth-order valence-corrected chi connectivity index (χ4v) is 2.76. The quantitative estimate of drug-likeness (QED) is 0.348. The summed E-state index contributed by atoms with van der Waals surface area (Å²) in [4.78, 5) is 35.4. The number of nitro groups is 1. The van der Waals surface area contributed by atoms with Crippen LogP contribution >= 0.6 is 0 Å². The van der Waals surface area contributed by atoms with E-state index in [-0.39, 0.29) is 35.2 Å². The Morgan fingerprint density at radius 3 is 2.17 bits per heavy atom. The average Bonchev–Trinajstić information content (AvgIpc) is 2.77. The molecule has 29 heavy (non-hydrogen) atoms. The molecule has 0 heterocycles. The van der Waals surface area contributed by atoms with E-state index in [0.29, 0.717) is 12.1 Å². The number of nitro benzene ring substituents is 1. The van der Waals surface area contributed by atoms with Crippen molar-refractivity contribution in [2.24, 2.45) is 0 Å². The number of nitrogens with one attached hydrogen (secondary N) is 2. The Balaban J connectivity index is 1.67. The molecule has 0 aliphatic carbocycles. The minimum Gasteiger partial charge on any atom is -0.371 e. The van der Waals surface area contributed by atoms with Gasteiger partial charge in [0.25, 0.3) is 5.69 Å². The lowest BCUT2D eigenvalue weighted by Crippen LogP contribution is -2.29. The Hall–Kier alpha value is -4.00. The van der Waals surface area contributed by atoms with Gasteiger partial charge in [-0.25, -0.2) is 0 Å². The number of anilines is 1. The van der Waals surface area contributed by atoms with Crippen molar-refractivity contribution < 1.29 is 14.5 Å². The summed E-state index contributed by atoms with van der Waals surface area (Å²) in [5.74, 6) is -0.603. The van der Waals surface area contributed by atoms with Crippen LogP contribution in [0.3, 0.4) is 0 Å². The maximum absolute atomic E-state index is 12.5. The van der Waals surface area contributed by atoms with Crippen LogP contribution in [0.2, 0.25) is 0 Å². The number of hydrogen-bond acceptors (Lipinski definition) is 5. The summed E-state index contributed by atoms with van der Waals surface area (Å²) >= 11 is 0. The fourth-order valence-electron chi connectivity index (χ4n) is 2.76. The molecular formula is C22H19N3O4. The Kier molecular flexibility index (Phi) is 6.32. The highest BCUT2D eigenvalue weighted by Gasteiger charge is 2.19. The second-order valence-electron chi connectivity index (χ2n) is 6.30. The largest absolute Gasteiger partial charge is 0.371 e. The molecule has 7 heteroatoms. The van der Waals surface area contributed by atoms with E-state index < -0.39 is 4.92 Å². The Bertz CT molecular complexity index is 1020. The van der Waals surface area contributed by atoms with Gasteiger partial charge in [-0.15, -0.1) is 0 Å². The zero-order chi connectivity index (χ0) is 20.6. The SMILES string of the molecule is O=C(CNc1ccc(C(=O)c2ccccc2)cc1[N+](=O)[O-])NCc1ccccc1. The van der Waals surface area contributed by atoms with E-state index in [1.54, 1.807) is 30.3 Å². The molecule has 0 spiro atoms. The molecule has 3 rings (SSSR count). The van der Waals surface area contributed by atoms with E-state index in [9.17, 15) is 19.7 Å². The Labute approximate surface area is 167 Å². The second-order valence-corrected chi connectivity index (χ2v) is 6.30. The van der Waals surface area contributed by atoms with Crippen LogP contribution in [0.1, 0.15) is 21.5 Å². The number of carbonyl (C=O) groups excluding carboxylic acids is 2. The van der Waals surface area contributed by atoms with Gasteiger partial charge in [0.1, 0.15) is 5.69 Å².